The highest BCUT2D eigenvalue weighted by Gasteiger charge is 2.31. The first-order valence-corrected chi connectivity index (χ1v) is 7.00. The van der Waals surface area contributed by atoms with Gasteiger partial charge < -0.3 is 9.73 Å². The smallest absolute Gasteiger partial charge is 0.247 e. The lowest BCUT2D eigenvalue weighted by Crippen LogP contribution is -2.47. The lowest BCUT2D eigenvalue weighted by atomic mass is 10.2. The quantitative estimate of drug-likeness (QED) is 0.594. The number of furan rings is 1. The second-order valence-corrected chi connectivity index (χ2v) is 5.08. The van der Waals surface area contributed by atoms with E-state index in [1.165, 1.54) is 9.79 Å². The van der Waals surface area contributed by atoms with Gasteiger partial charge in [0, 0.05) is 18.8 Å². The fraction of sp³-hybridized carbons (Fsp3) is 0.143. The Morgan fingerprint density at radius 1 is 1.30 bits per heavy atom. The Bertz CT molecular complexity index is 874. The number of hydrogen-bond acceptors (Lipinski definition) is 8. The van der Waals surface area contributed by atoms with E-state index in [1.807, 2.05) is 12.1 Å². The molecule has 0 radical (unpaired) electrons. The minimum atomic E-state index is -0.433. The number of anilines is 1. The van der Waals surface area contributed by atoms with E-state index in [9.17, 15) is 0 Å². The molecule has 4 N–H and O–H groups in total. The number of hydrogen-bond donors (Lipinski definition) is 3. The van der Waals surface area contributed by atoms with Crippen molar-refractivity contribution in [1.82, 2.24) is 19.6 Å². The summed E-state index contributed by atoms with van der Waals surface area (Å²) in [4.78, 5) is 12.7. The predicted octanol–water partition coefficient (Wildman–Crippen LogP) is 0.272. The Hall–Kier alpha value is -3.20. The number of nitrogens with one attached hydrogen (secondary N) is 2. The van der Waals surface area contributed by atoms with Gasteiger partial charge in [-0.3, -0.25) is 10.4 Å². The summed E-state index contributed by atoms with van der Waals surface area (Å²) in [6.07, 6.45) is 5.09. The van der Waals surface area contributed by atoms with Crippen LogP contribution in [0.3, 0.4) is 0 Å². The fourth-order valence-corrected chi connectivity index (χ4v) is 2.49. The van der Waals surface area contributed by atoms with Gasteiger partial charge in [-0.1, -0.05) is 6.07 Å². The lowest BCUT2D eigenvalue weighted by molar-refractivity contribution is 0.442. The molecule has 4 heterocycles. The molecule has 1 unspecified atom stereocenters. The first kappa shape index (κ1) is 13.5. The summed E-state index contributed by atoms with van der Waals surface area (Å²) in [6.45, 7) is 0. The minimum Gasteiger partial charge on any atom is -0.465 e. The zero-order valence-electron chi connectivity index (χ0n) is 12.0. The molecular formula is C14H14N8O. The number of pyridine rings is 1. The van der Waals surface area contributed by atoms with E-state index in [-0.39, 0.29) is 5.62 Å². The Kier molecular flexibility index (Phi) is 3.05. The van der Waals surface area contributed by atoms with Crippen LogP contribution in [0.2, 0.25) is 0 Å². The topological polar surface area (TPSA) is 122 Å². The zero-order chi connectivity index (χ0) is 15.8. The molecule has 116 valence electrons. The fourth-order valence-electron chi connectivity index (χ4n) is 2.49. The maximum atomic E-state index is 8.11. The third kappa shape index (κ3) is 2.32. The number of rotatable bonds is 3. The van der Waals surface area contributed by atoms with E-state index in [1.54, 1.807) is 30.8 Å². The van der Waals surface area contributed by atoms with Gasteiger partial charge >= 0.3 is 0 Å². The first-order chi connectivity index (χ1) is 11.2. The van der Waals surface area contributed by atoms with Crippen LogP contribution >= 0.6 is 0 Å². The van der Waals surface area contributed by atoms with E-state index < -0.39 is 6.17 Å². The average Bonchev–Trinajstić information content (AvgIpc) is 3.16. The summed E-state index contributed by atoms with van der Waals surface area (Å²) in [7, 11) is 0. The van der Waals surface area contributed by atoms with Gasteiger partial charge in [-0.15, -0.1) is 0 Å². The average molecular weight is 310 g/mol. The van der Waals surface area contributed by atoms with Crippen molar-refractivity contribution < 1.29 is 4.42 Å². The van der Waals surface area contributed by atoms with E-state index in [0.29, 0.717) is 24.0 Å². The molecule has 1 aliphatic rings. The van der Waals surface area contributed by atoms with Crippen LogP contribution < -0.4 is 21.9 Å². The molecular weight excluding hydrogens is 296 g/mol. The molecule has 0 spiro atoms. The molecule has 23 heavy (non-hydrogen) atoms. The Morgan fingerprint density at radius 2 is 2.22 bits per heavy atom. The van der Waals surface area contributed by atoms with Crippen molar-refractivity contribution in [2.24, 2.45) is 5.84 Å². The molecule has 0 saturated carbocycles. The van der Waals surface area contributed by atoms with Crippen molar-refractivity contribution in [3.05, 3.63) is 65.7 Å². The normalized spacial score (nSPS) is 16.2. The van der Waals surface area contributed by atoms with Gasteiger partial charge in [0.1, 0.15) is 11.6 Å². The van der Waals surface area contributed by atoms with Gasteiger partial charge in [0.05, 0.1) is 6.26 Å². The van der Waals surface area contributed by atoms with Gasteiger partial charge in [0.25, 0.3) is 0 Å². The summed E-state index contributed by atoms with van der Waals surface area (Å²) in [6, 6.07) is 7.37. The number of hydrazine groups is 1. The van der Waals surface area contributed by atoms with Gasteiger partial charge in [0.15, 0.2) is 6.17 Å². The van der Waals surface area contributed by atoms with Gasteiger partial charge in [-0.2, -0.15) is 14.6 Å². The third-order valence-electron chi connectivity index (χ3n) is 3.53. The van der Waals surface area contributed by atoms with Crippen molar-refractivity contribution in [2.45, 2.75) is 12.6 Å². The Labute approximate surface area is 130 Å². The molecule has 0 saturated heterocycles. The third-order valence-corrected chi connectivity index (χ3v) is 3.53. The molecule has 1 aliphatic heterocycles. The number of aromatic nitrogens is 4. The molecule has 1 atom stereocenters. The number of fused-ring (bicyclic) bond motifs is 1. The van der Waals surface area contributed by atoms with Crippen molar-refractivity contribution in [1.29, 1.82) is 5.41 Å². The highest BCUT2D eigenvalue weighted by molar-refractivity contribution is 5.38. The van der Waals surface area contributed by atoms with Crippen LogP contribution in [-0.4, -0.2) is 19.6 Å². The summed E-state index contributed by atoms with van der Waals surface area (Å²) in [5.41, 5.74) is 0.972. The Morgan fingerprint density at radius 3 is 2.96 bits per heavy atom. The number of nitrogens with two attached hydrogens (primary N) is 1. The summed E-state index contributed by atoms with van der Waals surface area (Å²) in [5, 5.41) is 12.6. The minimum absolute atomic E-state index is 0.00190. The summed E-state index contributed by atoms with van der Waals surface area (Å²) >= 11 is 0. The maximum absolute atomic E-state index is 8.11. The van der Waals surface area contributed by atoms with Crippen LogP contribution in [0.5, 0.6) is 0 Å². The molecule has 4 rings (SSSR count). The molecule has 0 fully saturated rings. The van der Waals surface area contributed by atoms with Gasteiger partial charge in [0.2, 0.25) is 11.6 Å². The predicted molar refractivity (Wildman–Crippen MR) is 80.4 cm³/mol. The summed E-state index contributed by atoms with van der Waals surface area (Å²) in [5.74, 6) is 7.65. The first-order valence-electron chi connectivity index (χ1n) is 7.00. The lowest BCUT2D eigenvalue weighted by Gasteiger charge is -2.18. The van der Waals surface area contributed by atoms with E-state index in [4.69, 9.17) is 15.7 Å². The van der Waals surface area contributed by atoms with Crippen LogP contribution in [0.4, 0.5) is 5.95 Å². The van der Waals surface area contributed by atoms with E-state index in [2.05, 4.69) is 20.3 Å². The second kappa shape index (κ2) is 5.21. The van der Waals surface area contributed by atoms with E-state index >= 15 is 0 Å². The standard InChI is InChI=1S/C14H14N8O/c15-13-18-11(7-9-3-1-5-17-8-9)19-14-20-12(22(16)21(13)14)10-4-2-6-23-10/h1-6,8,12H,7,16H2,(H2,15,18,19,20). The second-order valence-electron chi connectivity index (χ2n) is 5.08. The van der Waals surface area contributed by atoms with Crippen molar-refractivity contribution in [3.63, 3.8) is 0 Å². The molecule has 0 aliphatic carbocycles. The molecule has 0 amide bonds. The molecule has 9 nitrogen and oxygen atoms in total. The van der Waals surface area contributed by atoms with Crippen LogP contribution in [0, 0.1) is 5.41 Å². The zero-order valence-corrected chi connectivity index (χ0v) is 12.0. The van der Waals surface area contributed by atoms with E-state index in [0.717, 1.165) is 5.56 Å². The van der Waals surface area contributed by atoms with Crippen LogP contribution in [0.15, 0.2) is 47.3 Å². The molecule has 3 aromatic rings. The highest BCUT2D eigenvalue weighted by atomic mass is 16.3. The summed E-state index contributed by atoms with van der Waals surface area (Å²) < 4.78 is 6.77. The van der Waals surface area contributed by atoms with Crippen LogP contribution in [0.1, 0.15) is 23.3 Å². The van der Waals surface area contributed by atoms with Crippen molar-refractivity contribution >= 4 is 5.95 Å². The molecule has 9 heteroatoms. The molecule has 0 aromatic carbocycles. The van der Waals surface area contributed by atoms with Crippen LogP contribution in [-0.2, 0) is 6.42 Å². The van der Waals surface area contributed by atoms with Crippen LogP contribution in [0.25, 0.3) is 0 Å². The largest absolute Gasteiger partial charge is 0.465 e. The van der Waals surface area contributed by atoms with Gasteiger partial charge in [-0.05, 0) is 23.8 Å². The molecule has 3 aromatic heterocycles. The maximum Gasteiger partial charge on any atom is 0.247 e. The van der Waals surface area contributed by atoms with Gasteiger partial charge in [-0.25, -0.2) is 11.0 Å². The molecule has 0 bridgehead atoms. The van der Waals surface area contributed by atoms with Crippen molar-refractivity contribution in [3.8, 4) is 0 Å². The Balaban J connectivity index is 1.68. The van der Waals surface area contributed by atoms with Crippen molar-refractivity contribution in [2.75, 3.05) is 10.4 Å². The SMILES string of the molecule is N=c1nc(Cc2cccnc2)nc2n1N(N)C(c1ccco1)N2. The highest BCUT2D eigenvalue weighted by Crippen LogP contribution is 2.25. The number of nitrogens with zero attached hydrogens (tertiary/aromatic N) is 5. The monoisotopic (exact) mass is 310 g/mol.